The number of hydrogen-bond acceptors (Lipinski definition) is 11. The predicted octanol–water partition coefficient (Wildman–Crippen LogP) is 1.91. The fraction of sp³-hybridized carbons (Fsp3) is 0.382. The number of aliphatic hydroxyl groups excluding tert-OH is 2. The number of carbonyl (C=O) groups excluding carboxylic acids is 5. The molecular formula is C34H35N3O10. The lowest BCUT2D eigenvalue weighted by Crippen LogP contribution is -2.58. The van der Waals surface area contributed by atoms with Gasteiger partial charge in [-0.2, -0.15) is 0 Å². The number of aromatic hydroxyl groups is 1. The number of rotatable bonds is 6. The molecule has 0 bridgehead atoms. The number of piperidine rings is 1. The summed E-state index contributed by atoms with van der Waals surface area (Å²) in [5, 5.41) is 47.2. The monoisotopic (exact) mass is 645 g/mol. The summed E-state index contributed by atoms with van der Waals surface area (Å²) in [6.45, 7) is 1.39. The van der Waals surface area contributed by atoms with Crippen LogP contribution in [0.5, 0.6) is 5.75 Å². The second-order valence-corrected chi connectivity index (χ2v) is 12.6. The lowest BCUT2D eigenvalue weighted by Gasteiger charge is -2.46. The molecule has 47 heavy (non-hydrogen) atoms. The summed E-state index contributed by atoms with van der Waals surface area (Å²) >= 11 is 0. The average molecular weight is 646 g/mol. The standard InChI is InChI=1S/C34H35N3O10/c1-47-33(45)17-8-10-37(11-9-17)15-25(40)36-20-4-2-16(3-5-20)21-6-7-23(38)27-22(21)13-18-12-19-14-24(39)28(32(35)44)31(43)34(19,46)30(42)26(18)29(27)41/h2-7,17-19,38,41,43,46H,8-15H2,1H3,(H2,35,44)(H,36,40). The molecule has 3 aliphatic carbocycles. The molecule has 3 unspecified atom stereocenters. The third-order valence-electron chi connectivity index (χ3n) is 9.92. The van der Waals surface area contributed by atoms with Crippen LogP contribution < -0.4 is 11.1 Å². The van der Waals surface area contributed by atoms with Gasteiger partial charge in [-0.3, -0.25) is 28.9 Å². The highest BCUT2D eigenvalue weighted by Gasteiger charge is 2.60. The van der Waals surface area contributed by atoms with Crippen molar-refractivity contribution in [3.05, 3.63) is 64.4 Å². The third-order valence-corrected chi connectivity index (χ3v) is 9.92. The summed E-state index contributed by atoms with van der Waals surface area (Å²) in [6.07, 6.45) is 1.06. The fourth-order valence-electron chi connectivity index (χ4n) is 7.52. The van der Waals surface area contributed by atoms with Crippen LogP contribution >= 0.6 is 0 Å². The second-order valence-electron chi connectivity index (χ2n) is 12.6. The largest absolute Gasteiger partial charge is 0.508 e. The maximum Gasteiger partial charge on any atom is 0.308 e. The van der Waals surface area contributed by atoms with Gasteiger partial charge in [-0.15, -0.1) is 0 Å². The molecule has 13 nitrogen and oxygen atoms in total. The van der Waals surface area contributed by atoms with Crippen LogP contribution in [0.3, 0.4) is 0 Å². The van der Waals surface area contributed by atoms with Crippen molar-refractivity contribution in [1.82, 2.24) is 4.90 Å². The number of ether oxygens (including phenoxy) is 1. The molecule has 0 radical (unpaired) electrons. The van der Waals surface area contributed by atoms with E-state index in [1.807, 2.05) is 4.90 Å². The Bertz CT molecular complexity index is 1770. The number of primary amides is 1. The van der Waals surface area contributed by atoms with Gasteiger partial charge in [-0.05, 0) is 79.6 Å². The van der Waals surface area contributed by atoms with Crippen LogP contribution in [-0.2, 0) is 35.1 Å². The summed E-state index contributed by atoms with van der Waals surface area (Å²) in [5.74, 6) is -7.38. The van der Waals surface area contributed by atoms with E-state index in [0.717, 1.165) is 0 Å². The van der Waals surface area contributed by atoms with Gasteiger partial charge in [0.25, 0.3) is 5.91 Å². The van der Waals surface area contributed by atoms with E-state index in [-0.39, 0.29) is 54.1 Å². The number of aliphatic hydroxyl groups is 3. The van der Waals surface area contributed by atoms with Crippen molar-refractivity contribution in [2.75, 3.05) is 32.1 Å². The number of carbonyl (C=O) groups is 5. The minimum Gasteiger partial charge on any atom is -0.508 e. The highest BCUT2D eigenvalue weighted by atomic mass is 16.5. The van der Waals surface area contributed by atoms with E-state index in [1.54, 1.807) is 30.3 Å². The number of methoxy groups -OCH3 is 1. The number of Topliss-reactive ketones (excluding diaryl/α,β-unsaturated/α-hetero) is 2. The van der Waals surface area contributed by atoms with Crippen LogP contribution in [0.15, 0.2) is 53.3 Å². The summed E-state index contributed by atoms with van der Waals surface area (Å²) in [5.41, 5.74) is 4.05. The van der Waals surface area contributed by atoms with Crippen molar-refractivity contribution in [3.8, 4) is 16.9 Å². The molecule has 4 aliphatic rings. The van der Waals surface area contributed by atoms with Crippen molar-refractivity contribution in [2.24, 2.45) is 23.5 Å². The number of hydrogen-bond donors (Lipinski definition) is 6. The number of nitrogens with one attached hydrogen (secondary N) is 1. The molecule has 1 saturated heterocycles. The molecule has 2 aromatic rings. The van der Waals surface area contributed by atoms with Gasteiger partial charge in [0.05, 0.1) is 25.1 Å². The number of likely N-dealkylation sites (tertiary alicyclic amines) is 1. The Balaban J connectivity index is 1.23. The molecule has 2 aromatic carbocycles. The Hall–Kier alpha value is -5.01. The van der Waals surface area contributed by atoms with E-state index in [1.165, 1.54) is 13.2 Å². The van der Waals surface area contributed by atoms with Gasteiger partial charge >= 0.3 is 5.97 Å². The number of phenolic OH excluding ortho intramolecular Hbond substituents is 1. The van der Waals surface area contributed by atoms with E-state index in [0.29, 0.717) is 48.3 Å². The number of amides is 2. The fourth-order valence-corrected chi connectivity index (χ4v) is 7.52. The van der Waals surface area contributed by atoms with Crippen molar-refractivity contribution in [3.63, 3.8) is 0 Å². The van der Waals surface area contributed by atoms with Gasteiger partial charge in [-0.1, -0.05) is 18.2 Å². The third kappa shape index (κ3) is 5.34. The van der Waals surface area contributed by atoms with E-state index >= 15 is 0 Å². The number of esters is 1. The van der Waals surface area contributed by atoms with E-state index in [2.05, 4.69) is 5.32 Å². The quantitative estimate of drug-likeness (QED) is 0.197. The number of fused-ring (bicyclic) bond motifs is 3. The van der Waals surface area contributed by atoms with Crippen molar-refractivity contribution >= 4 is 40.8 Å². The second kappa shape index (κ2) is 12.0. The van der Waals surface area contributed by atoms with Gasteiger partial charge in [-0.25, -0.2) is 0 Å². The Morgan fingerprint density at radius 2 is 1.70 bits per heavy atom. The first-order valence-corrected chi connectivity index (χ1v) is 15.4. The number of anilines is 1. The van der Waals surface area contributed by atoms with Crippen LogP contribution in [0.2, 0.25) is 0 Å². The highest BCUT2D eigenvalue weighted by molar-refractivity contribution is 6.22. The van der Waals surface area contributed by atoms with Crippen molar-refractivity contribution in [1.29, 1.82) is 0 Å². The van der Waals surface area contributed by atoms with Crippen LogP contribution in [0.25, 0.3) is 16.9 Å². The van der Waals surface area contributed by atoms with E-state index in [4.69, 9.17) is 10.5 Å². The van der Waals surface area contributed by atoms with Gasteiger partial charge in [0.15, 0.2) is 11.4 Å². The molecule has 0 spiro atoms. The molecule has 2 amide bonds. The van der Waals surface area contributed by atoms with Crippen molar-refractivity contribution < 1.29 is 49.1 Å². The number of nitrogens with two attached hydrogens (primary N) is 1. The molecule has 246 valence electrons. The van der Waals surface area contributed by atoms with Gasteiger partial charge in [0, 0.05) is 23.6 Å². The maximum absolute atomic E-state index is 13.7. The molecule has 3 atom stereocenters. The Labute approximate surface area is 269 Å². The van der Waals surface area contributed by atoms with E-state index in [9.17, 15) is 44.4 Å². The number of ketones is 2. The average Bonchev–Trinajstić information content (AvgIpc) is 3.03. The molecule has 2 fully saturated rings. The Morgan fingerprint density at radius 1 is 1.02 bits per heavy atom. The van der Waals surface area contributed by atoms with Gasteiger partial charge in [0.1, 0.15) is 22.8 Å². The molecule has 1 heterocycles. The van der Waals surface area contributed by atoms with Crippen molar-refractivity contribution in [2.45, 2.75) is 37.7 Å². The summed E-state index contributed by atoms with van der Waals surface area (Å²) in [4.78, 5) is 64.7. The SMILES string of the molecule is COC(=O)C1CCN(CC(=O)Nc2ccc(-c3ccc(O)c4c3CC3CC5CC(=O)C(C(N)=O)=C(O)C5(O)C(=O)C3=C4O)cc2)CC1. The lowest BCUT2D eigenvalue weighted by molar-refractivity contribution is -0.148. The molecule has 1 aliphatic heterocycles. The molecule has 6 rings (SSSR count). The lowest BCUT2D eigenvalue weighted by atomic mass is 9.59. The maximum atomic E-state index is 13.7. The summed E-state index contributed by atoms with van der Waals surface area (Å²) < 4.78 is 4.82. The molecule has 0 aromatic heterocycles. The molecule has 1 saturated carbocycles. The highest BCUT2D eigenvalue weighted by Crippen LogP contribution is 2.53. The number of phenols is 1. The normalized spacial score (nSPS) is 24.7. The number of benzene rings is 2. The van der Waals surface area contributed by atoms with Crippen LogP contribution in [0.4, 0.5) is 5.69 Å². The summed E-state index contributed by atoms with van der Waals surface area (Å²) in [6, 6.07) is 10.1. The minimum atomic E-state index is -2.62. The van der Waals surface area contributed by atoms with Gasteiger partial charge < -0.3 is 36.2 Å². The van der Waals surface area contributed by atoms with Gasteiger partial charge in [0.2, 0.25) is 11.7 Å². The molecule has 7 N–H and O–H groups in total. The zero-order chi connectivity index (χ0) is 33.8. The molecular weight excluding hydrogens is 610 g/mol. The minimum absolute atomic E-state index is 0.00276. The summed E-state index contributed by atoms with van der Waals surface area (Å²) in [7, 11) is 1.37. The first-order valence-electron chi connectivity index (χ1n) is 15.4. The smallest absolute Gasteiger partial charge is 0.308 e. The van der Waals surface area contributed by atoms with Crippen LogP contribution in [0, 0.1) is 17.8 Å². The zero-order valence-corrected chi connectivity index (χ0v) is 25.6. The van der Waals surface area contributed by atoms with E-state index < -0.39 is 58.4 Å². The van der Waals surface area contributed by atoms with Crippen LogP contribution in [-0.4, -0.2) is 87.0 Å². The Morgan fingerprint density at radius 3 is 2.34 bits per heavy atom. The van der Waals surface area contributed by atoms with Crippen LogP contribution in [0.1, 0.15) is 36.8 Å². The first-order chi connectivity index (χ1) is 22.3. The zero-order valence-electron chi connectivity index (χ0n) is 25.6. The molecule has 13 heteroatoms. The predicted molar refractivity (Wildman–Crippen MR) is 167 cm³/mol. The Kier molecular flexibility index (Phi) is 8.14. The topological polar surface area (TPSA) is 217 Å². The number of nitrogens with zero attached hydrogens (tertiary/aromatic N) is 1. The first kappa shape index (κ1) is 32.0.